The van der Waals surface area contributed by atoms with Gasteiger partial charge in [-0.1, -0.05) is 18.2 Å². The first-order valence-electron chi connectivity index (χ1n) is 8.73. The lowest BCUT2D eigenvalue weighted by Crippen LogP contribution is -2.32. The van der Waals surface area contributed by atoms with Crippen molar-refractivity contribution in [1.82, 2.24) is 19.4 Å². The van der Waals surface area contributed by atoms with Crippen molar-refractivity contribution >= 4 is 34.8 Å². The number of amides is 1. The predicted molar refractivity (Wildman–Crippen MR) is 106 cm³/mol. The highest BCUT2D eigenvalue weighted by molar-refractivity contribution is 7.99. The second-order valence-corrected chi connectivity index (χ2v) is 7.00. The van der Waals surface area contributed by atoms with Gasteiger partial charge in [0.2, 0.25) is 5.95 Å². The molecule has 0 fully saturated rings. The molecule has 2 aromatic heterocycles. The van der Waals surface area contributed by atoms with E-state index in [1.165, 1.54) is 4.90 Å². The zero-order chi connectivity index (χ0) is 18.5. The Morgan fingerprint density at radius 3 is 2.73 bits per heavy atom. The smallest absolute Gasteiger partial charge is 0.255 e. The summed E-state index contributed by atoms with van der Waals surface area (Å²) in [7, 11) is 0. The summed E-state index contributed by atoms with van der Waals surface area (Å²) in [5.41, 5.74) is 7.83. The SMILES string of the molecule is CCN(CCSc1ccccc1)C(=O)c1cnc2c(c1)nc(N)n2CC. The van der Waals surface area contributed by atoms with Crippen LogP contribution in [0.1, 0.15) is 24.2 Å². The van der Waals surface area contributed by atoms with Crippen LogP contribution >= 0.6 is 11.8 Å². The molecule has 0 spiro atoms. The lowest BCUT2D eigenvalue weighted by atomic mass is 10.2. The Hall–Kier alpha value is -2.54. The van der Waals surface area contributed by atoms with Crippen LogP contribution in [0.4, 0.5) is 5.95 Å². The molecule has 6 nitrogen and oxygen atoms in total. The molecule has 136 valence electrons. The molecule has 0 aliphatic rings. The maximum Gasteiger partial charge on any atom is 0.255 e. The number of thioether (sulfide) groups is 1. The number of pyridine rings is 1. The molecule has 26 heavy (non-hydrogen) atoms. The van der Waals surface area contributed by atoms with E-state index in [0.717, 1.165) is 5.75 Å². The zero-order valence-electron chi connectivity index (χ0n) is 15.1. The standard InChI is InChI=1S/C19H23N5OS/c1-3-23(10-11-26-15-8-6-5-7-9-15)18(25)14-12-16-17(21-13-14)24(4-2)19(20)22-16/h5-9,12-13H,3-4,10-11H2,1-2H3,(H2,20,22). The van der Waals surface area contributed by atoms with Gasteiger partial charge >= 0.3 is 0 Å². The van der Waals surface area contributed by atoms with E-state index in [-0.39, 0.29) is 5.91 Å². The van der Waals surface area contributed by atoms with Crippen LogP contribution in [-0.4, -0.2) is 44.2 Å². The number of nitrogen functional groups attached to an aromatic ring is 1. The predicted octanol–water partition coefficient (Wildman–Crippen LogP) is 3.29. The van der Waals surface area contributed by atoms with Gasteiger partial charge < -0.3 is 10.6 Å². The molecule has 7 heteroatoms. The number of carbonyl (C=O) groups is 1. The largest absolute Gasteiger partial charge is 0.369 e. The van der Waals surface area contributed by atoms with Crippen LogP contribution < -0.4 is 5.73 Å². The number of aryl methyl sites for hydroxylation is 1. The average molecular weight is 369 g/mol. The van der Waals surface area contributed by atoms with Crippen molar-refractivity contribution in [3.8, 4) is 0 Å². The average Bonchev–Trinajstić information content (AvgIpc) is 2.99. The Morgan fingerprint density at radius 1 is 1.27 bits per heavy atom. The van der Waals surface area contributed by atoms with Crippen LogP contribution in [0.3, 0.4) is 0 Å². The lowest BCUT2D eigenvalue weighted by Gasteiger charge is -2.20. The number of fused-ring (bicyclic) bond motifs is 1. The molecule has 2 N–H and O–H groups in total. The number of anilines is 1. The molecular weight excluding hydrogens is 346 g/mol. The molecule has 0 unspecified atom stereocenters. The number of hydrogen-bond acceptors (Lipinski definition) is 5. The first-order chi connectivity index (χ1) is 12.6. The van der Waals surface area contributed by atoms with Gasteiger partial charge in [0.05, 0.1) is 5.56 Å². The van der Waals surface area contributed by atoms with Crippen molar-refractivity contribution in [2.45, 2.75) is 25.3 Å². The van der Waals surface area contributed by atoms with E-state index in [0.29, 0.717) is 42.3 Å². The van der Waals surface area contributed by atoms with E-state index >= 15 is 0 Å². The maximum absolute atomic E-state index is 12.8. The molecule has 0 atom stereocenters. The van der Waals surface area contributed by atoms with Crippen molar-refractivity contribution < 1.29 is 4.79 Å². The van der Waals surface area contributed by atoms with Crippen molar-refractivity contribution in [2.24, 2.45) is 0 Å². The molecule has 0 saturated carbocycles. The van der Waals surface area contributed by atoms with E-state index in [1.807, 2.05) is 41.5 Å². The molecular formula is C19H23N5OS. The van der Waals surface area contributed by atoms with Gasteiger partial charge in [0.1, 0.15) is 5.52 Å². The van der Waals surface area contributed by atoms with Gasteiger partial charge in [0.25, 0.3) is 5.91 Å². The molecule has 1 aromatic carbocycles. The highest BCUT2D eigenvalue weighted by atomic mass is 32.2. The topological polar surface area (TPSA) is 77.0 Å². The number of nitrogens with zero attached hydrogens (tertiary/aromatic N) is 4. The minimum atomic E-state index is -0.0276. The Balaban J connectivity index is 1.70. The third-order valence-corrected chi connectivity index (χ3v) is 5.21. The first kappa shape index (κ1) is 18.3. The van der Waals surface area contributed by atoms with Crippen LogP contribution in [0.2, 0.25) is 0 Å². The number of hydrogen-bond donors (Lipinski definition) is 1. The highest BCUT2D eigenvalue weighted by Crippen LogP contribution is 2.19. The third kappa shape index (κ3) is 3.83. The number of aromatic nitrogens is 3. The first-order valence-corrected chi connectivity index (χ1v) is 9.71. The van der Waals surface area contributed by atoms with Gasteiger partial charge in [-0.2, -0.15) is 0 Å². The second-order valence-electron chi connectivity index (χ2n) is 5.83. The van der Waals surface area contributed by atoms with Gasteiger partial charge in [0.15, 0.2) is 5.65 Å². The van der Waals surface area contributed by atoms with Gasteiger partial charge in [-0.25, -0.2) is 9.97 Å². The Bertz CT molecular complexity index is 894. The third-order valence-electron chi connectivity index (χ3n) is 4.22. The second kappa shape index (κ2) is 8.23. The normalized spacial score (nSPS) is 11.0. The maximum atomic E-state index is 12.8. The molecule has 3 rings (SSSR count). The fourth-order valence-corrected chi connectivity index (χ4v) is 3.73. The van der Waals surface area contributed by atoms with Crippen LogP contribution in [0, 0.1) is 0 Å². The number of nitrogens with two attached hydrogens (primary N) is 1. The zero-order valence-corrected chi connectivity index (χ0v) is 15.9. The Kier molecular flexibility index (Phi) is 5.78. The van der Waals surface area contributed by atoms with Gasteiger partial charge in [-0.3, -0.25) is 9.36 Å². The number of benzene rings is 1. The minimum Gasteiger partial charge on any atom is -0.369 e. The summed E-state index contributed by atoms with van der Waals surface area (Å²) in [6.07, 6.45) is 1.62. The summed E-state index contributed by atoms with van der Waals surface area (Å²) >= 11 is 1.75. The van der Waals surface area contributed by atoms with E-state index in [1.54, 1.807) is 24.0 Å². The monoisotopic (exact) mass is 369 g/mol. The fourth-order valence-electron chi connectivity index (χ4n) is 2.83. The van der Waals surface area contributed by atoms with E-state index in [4.69, 9.17) is 5.73 Å². The van der Waals surface area contributed by atoms with Crippen molar-refractivity contribution in [3.05, 3.63) is 48.2 Å². The van der Waals surface area contributed by atoms with E-state index in [2.05, 4.69) is 22.1 Å². The molecule has 0 aliphatic heterocycles. The summed E-state index contributed by atoms with van der Waals surface area (Å²) in [6.45, 7) is 6.00. The summed E-state index contributed by atoms with van der Waals surface area (Å²) < 4.78 is 1.83. The number of imidazole rings is 1. The summed E-state index contributed by atoms with van der Waals surface area (Å²) in [5.74, 6) is 1.24. The van der Waals surface area contributed by atoms with E-state index < -0.39 is 0 Å². The molecule has 2 heterocycles. The number of carbonyl (C=O) groups excluding carboxylic acids is 1. The fraction of sp³-hybridized carbons (Fsp3) is 0.316. The highest BCUT2D eigenvalue weighted by Gasteiger charge is 2.17. The summed E-state index contributed by atoms with van der Waals surface area (Å²) in [5, 5.41) is 0. The van der Waals surface area contributed by atoms with Gasteiger partial charge in [-0.15, -0.1) is 11.8 Å². The molecule has 0 bridgehead atoms. The number of rotatable bonds is 7. The lowest BCUT2D eigenvalue weighted by molar-refractivity contribution is 0.0774. The van der Waals surface area contributed by atoms with Crippen molar-refractivity contribution in [1.29, 1.82) is 0 Å². The molecule has 0 aliphatic carbocycles. The van der Waals surface area contributed by atoms with Gasteiger partial charge in [0, 0.05) is 36.5 Å². The molecule has 0 saturated heterocycles. The van der Waals surface area contributed by atoms with E-state index in [9.17, 15) is 4.79 Å². The van der Waals surface area contributed by atoms with Crippen molar-refractivity contribution in [2.75, 3.05) is 24.6 Å². The Labute approximate surface area is 157 Å². The quantitative estimate of drug-likeness (QED) is 0.647. The van der Waals surface area contributed by atoms with Crippen LogP contribution in [-0.2, 0) is 6.54 Å². The summed E-state index contributed by atoms with van der Waals surface area (Å²) in [4.78, 5) is 24.6. The van der Waals surface area contributed by atoms with Crippen LogP contribution in [0.5, 0.6) is 0 Å². The molecule has 1 amide bonds. The van der Waals surface area contributed by atoms with Gasteiger partial charge in [-0.05, 0) is 32.0 Å². The Morgan fingerprint density at radius 2 is 2.04 bits per heavy atom. The minimum absolute atomic E-state index is 0.0276. The van der Waals surface area contributed by atoms with Crippen molar-refractivity contribution in [3.63, 3.8) is 0 Å². The molecule has 3 aromatic rings. The summed E-state index contributed by atoms with van der Waals surface area (Å²) in [6, 6.07) is 12.0. The molecule has 0 radical (unpaired) electrons. The van der Waals surface area contributed by atoms with Crippen LogP contribution in [0.15, 0.2) is 47.5 Å². The van der Waals surface area contributed by atoms with Crippen LogP contribution in [0.25, 0.3) is 11.2 Å².